The number of carbonyl (C=O) groups excluding carboxylic acids is 2. The van der Waals surface area contributed by atoms with Gasteiger partial charge >= 0.3 is 37.7 Å². The zero-order chi connectivity index (χ0) is 40.7. The Balaban J connectivity index is -0.000000966. The van der Waals surface area contributed by atoms with E-state index in [1.165, 1.54) is 128 Å². The average Bonchev–Trinajstić information content (AvgIpc) is 3.10. The van der Waals surface area contributed by atoms with Crippen LogP contribution in [0.5, 0.6) is 0 Å². The molecule has 0 N–H and O–H groups in total. The number of hydrogen-bond donors (Lipinski definition) is 0. The maximum absolute atomic E-state index is 11.1. The molecule has 7 heteroatoms. The molecule has 0 spiro atoms. The predicted molar refractivity (Wildman–Crippen MR) is 237 cm³/mol. The summed E-state index contributed by atoms with van der Waals surface area (Å²) in [5, 5.41) is 22.3. The van der Waals surface area contributed by atoms with Crippen LogP contribution in [0.15, 0.2) is 48.6 Å². The van der Waals surface area contributed by atoms with E-state index in [1.54, 1.807) is 0 Å². The topological polar surface area (TPSA) is 86.7 Å². The van der Waals surface area contributed by atoms with Crippen LogP contribution in [0.4, 0.5) is 0 Å². The van der Waals surface area contributed by atoms with Crippen molar-refractivity contribution in [3.63, 3.8) is 0 Å². The molecule has 0 aromatic carbocycles. The number of aliphatic carboxylic acids is 2. The van der Waals surface area contributed by atoms with Crippen LogP contribution >= 0.6 is 0 Å². The molecule has 0 aliphatic rings. The minimum atomic E-state index is -0.952. The molecule has 0 heterocycles. The zero-order valence-corrected chi connectivity index (χ0v) is 39.8. The fourth-order valence-corrected chi connectivity index (χ4v) is 7.29. The Labute approximate surface area is 372 Å². The van der Waals surface area contributed by atoms with E-state index in [9.17, 15) is 19.8 Å². The van der Waals surface area contributed by atoms with Crippen molar-refractivity contribution in [2.24, 2.45) is 23.7 Å². The van der Waals surface area contributed by atoms with Crippen LogP contribution in [0, 0.1) is 23.7 Å². The van der Waals surface area contributed by atoms with Gasteiger partial charge in [-0.2, -0.15) is 0 Å². The van der Waals surface area contributed by atoms with Gasteiger partial charge in [-0.3, -0.25) is 9.80 Å². The Kier molecular flexibility index (Phi) is 46.9. The summed E-state index contributed by atoms with van der Waals surface area (Å²) in [5.41, 5.74) is 0. The smallest absolute Gasteiger partial charge is 0.549 e. The van der Waals surface area contributed by atoms with Crippen molar-refractivity contribution in [1.29, 1.82) is 0 Å². The van der Waals surface area contributed by atoms with Crippen molar-refractivity contribution >= 4 is 49.7 Å². The molecule has 0 radical (unpaired) electrons. The van der Waals surface area contributed by atoms with E-state index >= 15 is 0 Å². The molecule has 4 unspecified atom stereocenters. The van der Waals surface area contributed by atoms with E-state index in [-0.39, 0.29) is 50.8 Å². The van der Waals surface area contributed by atoms with Crippen LogP contribution in [-0.2, 0) is 9.59 Å². The first-order valence-electron chi connectivity index (χ1n) is 22.3. The van der Waals surface area contributed by atoms with E-state index in [4.69, 9.17) is 0 Å². The summed E-state index contributed by atoms with van der Waals surface area (Å²) in [6, 6.07) is 0. The summed E-state index contributed by atoms with van der Waals surface area (Å²) in [6.45, 7) is 20.9. The number of hydrogen-bond acceptors (Lipinski definition) is 6. The van der Waals surface area contributed by atoms with Crippen LogP contribution in [-0.4, -0.2) is 98.7 Å². The van der Waals surface area contributed by atoms with Gasteiger partial charge in [0.1, 0.15) is 0 Å². The number of nitrogens with zero attached hydrogens (tertiary/aromatic N) is 2. The molecule has 0 saturated carbocycles. The molecule has 0 aliphatic heterocycles. The first kappa shape index (κ1) is 58.4. The summed E-state index contributed by atoms with van der Waals surface area (Å²) >= 11 is 0. The molecule has 0 saturated heterocycles. The Morgan fingerprint density at radius 2 is 0.636 bits per heavy atom. The Hall–Kier alpha value is -0.920. The molecule has 0 aromatic heterocycles. The van der Waals surface area contributed by atoms with Crippen molar-refractivity contribution in [1.82, 2.24) is 9.80 Å². The van der Waals surface area contributed by atoms with E-state index in [0.29, 0.717) is 23.7 Å². The summed E-state index contributed by atoms with van der Waals surface area (Å²) in [4.78, 5) is 26.5. The second-order valence-corrected chi connectivity index (χ2v) is 16.4. The van der Waals surface area contributed by atoms with Gasteiger partial charge in [0.05, 0.1) is 11.9 Å². The number of rotatable bonds is 36. The summed E-state index contributed by atoms with van der Waals surface area (Å²) in [7, 11) is 0. The number of carboxylic acids is 2. The van der Waals surface area contributed by atoms with Gasteiger partial charge < -0.3 is 19.8 Å². The van der Waals surface area contributed by atoms with E-state index in [1.807, 2.05) is 0 Å². The van der Waals surface area contributed by atoms with Crippen molar-refractivity contribution in [2.75, 3.05) is 39.3 Å². The maximum atomic E-state index is 11.1. The Morgan fingerprint density at radius 1 is 0.418 bits per heavy atom. The van der Waals surface area contributed by atoms with Crippen LogP contribution in [0.1, 0.15) is 184 Å². The quantitative estimate of drug-likeness (QED) is 0.0357. The monoisotopic (exact) mass is 797 g/mol. The molecule has 0 rings (SSSR count). The van der Waals surface area contributed by atoms with Crippen LogP contribution in [0.2, 0.25) is 0 Å². The Morgan fingerprint density at radius 3 is 0.818 bits per heavy atom. The minimum absolute atomic E-state index is 0. The zero-order valence-electron chi connectivity index (χ0n) is 37.5. The van der Waals surface area contributed by atoms with E-state index in [0.717, 1.165) is 26.2 Å². The minimum Gasteiger partial charge on any atom is -0.549 e. The largest absolute Gasteiger partial charge is 2.00 e. The van der Waals surface area contributed by atoms with Gasteiger partial charge in [-0.1, -0.05) is 128 Å². The maximum Gasteiger partial charge on any atom is 2.00 e. The third-order valence-electron chi connectivity index (χ3n) is 10.2. The fraction of sp³-hybridized carbons (Fsp3) is 0.792. The fourth-order valence-electron chi connectivity index (χ4n) is 7.29. The standard InChI is InChI=1S/2C24H45NO2.Ca/c2*1-5-7-9-11-13-15-17-22(3)19-25(21-24(26)27)20-23(4)18-16-14-12-10-8-6-2;/h2*5-8,22-23H,9-21H2,1-4H3,(H,26,27);/q;;+2/p-2/b2*7-5+,8-6+;. The van der Waals surface area contributed by atoms with Gasteiger partial charge in [0.15, 0.2) is 0 Å². The van der Waals surface area contributed by atoms with Crippen LogP contribution in [0.25, 0.3) is 0 Å². The van der Waals surface area contributed by atoms with Gasteiger partial charge in [0, 0.05) is 39.3 Å². The van der Waals surface area contributed by atoms with Gasteiger partial charge in [-0.25, -0.2) is 0 Å². The van der Waals surface area contributed by atoms with Gasteiger partial charge in [-0.05, 0) is 128 Å². The first-order valence-corrected chi connectivity index (χ1v) is 22.3. The molecule has 4 atom stereocenters. The van der Waals surface area contributed by atoms with Crippen LogP contribution < -0.4 is 10.2 Å². The molecule has 6 nitrogen and oxygen atoms in total. The van der Waals surface area contributed by atoms with E-state index < -0.39 is 11.9 Å². The predicted octanol–water partition coefficient (Wildman–Crippen LogP) is 10.3. The van der Waals surface area contributed by atoms with Gasteiger partial charge in [0.25, 0.3) is 0 Å². The van der Waals surface area contributed by atoms with Crippen molar-refractivity contribution in [3.8, 4) is 0 Å². The molecule has 316 valence electrons. The molecule has 55 heavy (non-hydrogen) atoms. The second-order valence-electron chi connectivity index (χ2n) is 16.4. The van der Waals surface area contributed by atoms with Gasteiger partial charge in [0.2, 0.25) is 0 Å². The molecular formula is C48H88CaN2O4. The SMILES string of the molecule is C/C=C/CCCCCC(C)CN(CC(=O)[O-])CC(C)CCCCC/C=C/C.C/C=C/CCCCCC(C)CN(CC(=O)[O-])CC(C)CCCCC/C=C/C.[Ca+2]. The third-order valence-corrected chi connectivity index (χ3v) is 10.2. The molecule has 0 amide bonds. The summed E-state index contributed by atoms with van der Waals surface area (Å²) in [5.74, 6) is 0.260. The van der Waals surface area contributed by atoms with Crippen molar-refractivity contribution in [3.05, 3.63) is 48.6 Å². The van der Waals surface area contributed by atoms with E-state index in [2.05, 4.69) is 114 Å². The number of unbranched alkanes of at least 4 members (excludes halogenated alkanes) is 12. The average molecular weight is 797 g/mol. The summed E-state index contributed by atoms with van der Waals surface area (Å²) in [6.07, 6.45) is 41.8. The number of allylic oxidation sites excluding steroid dienone is 8. The first-order chi connectivity index (χ1) is 26.0. The third kappa shape index (κ3) is 45.7. The molecular weight excluding hydrogens is 709 g/mol. The van der Waals surface area contributed by atoms with Crippen LogP contribution in [0.3, 0.4) is 0 Å². The number of carboxylic acid groups (broad SMARTS) is 2. The van der Waals surface area contributed by atoms with Gasteiger partial charge in [-0.15, -0.1) is 0 Å². The Bertz CT molecular complexity index is 830. The molecule has 0 fully saturated rings. The summed E-state index contributed by atoms with van der Waals surface area (Å²) < 4.78 is 0. The molecule has 0 aliphatic carbocycles. The number of carbonyl (C=O) groups is 2. The van der Waals surface area contributed by atoms with Crippen molar-refractivity contribution < 1.29 is 19.8 Å². The van der Waals surface area contributed by atoms with Crippen molar-refractivity contribution in [2.45, 2.75) is 184 Å². The second kappa shape index (κ2) is 44.2. The molecule has 0 bridgehead atoms. The normalized spacial score (nSPS) is 14.1. The molecule has 0 aromatic rings.